The first-order valence-electron chi connectivity index (χ1n) is 5.35. The molecule has 20 heavy (non-hydrogen) atoms. The van der Waals surface area contributed by atoms with E-state index in [4.69, 9.17) is 11.5 Å². The number of alkyl halides is 2. The maximum absolute atomic E-state index is 12.8. The summed E-state index contributed by atoms with van der Waals surface area (Å²) in [7, 11) is 0. The van der Waals surface area contributed by atoms with E-state index >= 15 is 0 Å². The van der Waals surface area contributed by atoms with E-state index in [1.54, 1.807) is 0 Å². The molecule has 1 aromatic carbocycles. The Labute approximate surface area is 110 Å². The first-order chi connectivity index (χ1) is 9.44. The monoisotopic (exact) mass is 282 g/mol. The number of nitrogens with zero attached hydrogens (tertiary/aromatic N) is 3. The van der Waals surface area contributed by atoms with Gasteiger partial charge in [0.1, 0.15) is 0 Å². The summed E-state index contributed by atoms with van der Waals surface area (Å²) in [6.45, 7) is 0. The molecule has 0 unspecified atom stereocenters. The lowest BCUT2D eigenvalue weighted by Crippen LogP contribution is -2.32. The zero-order valence-electron chi connectivity index (χ0n) is 9.80. The van der Waals surface area contributed by atoms with Crippen molar-refractivity contribution in [2.45, 2.75) is 6.29 Å². The molecule has 3 rings (SSSR count). The molecule has 1 aromatic rings. The Balaban J connectivity index is 1.79. The number of fused-ring (bicyclic) bond motifs is 1. The van der Waals surface area contributed by atoms with Crippen molar-refractivity contribution in [3.05, 3.63) is 18.2 Å². The standard InChI is InChI=1S/C10H8F2N6O2/c11-10(12)19-5-2-1-4(3-6(5)20-10)15-16-7-8(13)17-18-9(7)14/h1-3,15H,(H4,13,14,16,17,18). The Morgan fingerprint density at radius 3 is 2.45 bits per heavy atom. The van der Waals surface area contributed by atoms with Crippen molar-refractivity contribution in [1.82, 2.24) is 0 Å². The first-order valence-corrected chi connectivity index (χ1v) is 5.35. The molecule has 0 amide bonds. The van der Waals surface area contributed by atoms with Crippen molar-refractivity contribution < 1.29 is 18.3 Å². The Morgan fingerprint density at radius 2 is 1.75 bits per heavy atom. The molecule has 0 atom stereocenters. The van der Waals surface area contributed by atoms with E-state index < -0.39 is 6.29 Å². The number of nitrogens with one attached hydrogen (secondary N) is 1. The molecule has 0 bridgehead atoms. The van der Waals surface area contributed by atoms with Crippen LogP contribution in [-0.4, -0.2) is 23.7 Å². The van der Waals surface area contributed by atoms with E-state index in [2.05, 4.69) is 30.2 Å². The number of nitrogens with two attached hydrogens (primary N) is 2. The molecule has 2 aliphatic heterocycles. The van der Waals surface area contributed by atoms with Crippen LogP contribution in [0.3, 0.4) is 0 Å². The topological polar surface area (TPSA) is 120 Å². The Kier molecular flexibility index (Phi) is 2.46. The number of halogens is 2. The summed E-state index contributed by atoms with van der Waals surface area (Å²) < 4.78 is 34.3. The zero-order chi connectivity index (χ0) is 14.3. The molecule has 10 heteroatoms. The summed E-state index contributed by atoms with van der Waals surface area (Å²) in [6.07, 6.45) is -3.66. The van der Waals surface area contributed by atoms with Gasteiger partial charge < -0.3 is 20.9 Å². The molecular formula is C10H8F2N6O2. The molecule has 0 spiro atoms. The fourth-order valence-corrected chi connectivity index (χ4v) is 1.59. The van der Waals surface area contributed by atoms with Gasteiger partial charge in [-0.1, -0.05) is 0 Å². The highest BCUT2D eigenvalue weighted by atomic mass is 19.3. The van der Waals surface area contributed by atoms with Crippen LogP contribution < -0.4 is 26.4 Å². The second-order valence-electron chi connectivity index (χ2n) is 3.87. The number of hydrogen-bond donors (Lipinski definition) is 3. The molecule has 104 valence electrons. The van der Waals surface area contributed by atoms with Crippen LogP contribution in [0.2, 0.25) is 0 Å². The normalized spacial score (nSPS) is 18.6. The largest absolute Gasteiger partial charge is 0.586 e. The van der Waals surface area contributed by atoms with Gasteiger partial charge >= 0.3 is 6.29 Å². The first kappa shape index (κ1) is 12.1. The minimum atomic E-state index is -3.66. The van der Waals surface area contributed by atoms with Gasteiger partial charge in [-0.15, -0.1) is 19.0 Å². The van der Waals surface area contributed by atoms with Crippen LogP contribution in [0.4, 0.5) is 14.5 Å². The summed E-state index contributed by atoms with van der Waals surface area (Å²) in [5.74, 6) is -0.0457. The fraction of sp³-hybridized carbons (Fsp3) is 0.100. The van der Waals surface area contributed by atoms with E-state index in [-0.39, 0.29) is 28.9 Å². The minimum Gasteiger partial charge on any atom is -0.395 e. The molecule has 2 heterocycles. The van der Waals surface area contributed by atoms with Crippen LogP contribution in [0.25, 0.3) is 0 Å². The highest BCUT2D eigenvalue weighted by Crippen LogP contribution is 2.42. The van der Waals surface area contributed by atoms with Gasteiger partial charge in [-0.25, -0.2) is 0 Å². The third-order valence-electron chi connectivity index (χ3n) is 2.45. The van der Waals surface area contributed by atoms with Gasteiger partial charge in [0.15, 0.2) is 28.9 Å². The second kappa shape index (κ2) is 4.05. The van der Waals surface area contributed by atoms with Gasteiger partial charge in [0, 0.05) is 6.07 Å². The van der Waals surface area contributed by atoms with Crippen LogP contribution >= 0.6 is 0 Å². The predicted molar refractivity (Wildman–Crippen MR) is 66.9 cm³/mol. The molecule has 5 N–H and O–H groups in total. The Morgan fingerprint density at radius 1 is 1.10 bits per heavy atom. The molecule has 0 saturated carbocycles. The van der Waals surface area contributed by atoms with Crippen molar-refractivity contribution in [2.24, 2.45) is 26.8 Å². The third kappa shape index (κ3) is 2.06. The number of anilines is 1. The third-order valence-corrected chi connectivity index (χ3v) is 2.45. The summed E-state index contributed by atoms with van der Waals surface area (Å²) in [4.78, 5) is 0. The molecule has 0 saturated heterocycles. The van der Waals surface area contributed by atoms with E-state index in [0.29, 0.717) is 5.69 Å². The van der Waals surface area contributed by atoms with Crippen molar-refractivity contribution in [3.8, 4) is 11.5 Å². The smallest absolute Gasteiger partial charge is 0.395 e. The van der Waals surface area contributed by atoms with Crippen molar-refractivity contribution in [3.63, 3.8) is 0 Å². The van der Waals surface area contributed by atoms with Crippen LogP contribution in [0.15, 0.2) is 33.5 Å². The summed E-state index contributed by atoms with van der Waals surface area (Å²) >= 11 is 0. The van der Waals surface area contributed by atoms with Crippen molar-refractivity contribution in [2.75, 3.05) is 5.43 Å². The van der Waals surface area contributed by atoms with Crippen LogP contribution in [0, 0.1) is 0 Å². The molecule has 2 aliphatic rings. The molecule has 0 radical (unpaired) electrons. The second-order valence-corrected chi connectivity index (χ2v) is 3.87. The van der Waals surface area contributed by atoms with Gasteiger partial charge in [0.25, 0.3) is 0 Å². The maximum Gasteiger partial charge on any atom is 0.586 e. The molecule has 0 aromatic heterocycles. The molecule has 0 fully saturated rings. The van der Waals surface area contributed by atoms with E-state index in [0.717, 1.165) is 0 Å². The van der Waals surface area contributed by atoms with Crippen LogP contribution in [0.5, 0.6) is 11.5 Å². The number of hydrogen-bond acceptors (Lipinski definition) is 8. The summed E-state index contributed by atoms with van der Waals surface area (Å²) in [5.41, 5.74) is 14.1. The Hall–Kier alpha value is -2.91. The maximum atomic E-state index is 12.8. The van der Waals surface area contributed by atoms with E-state index in [1.165, 1.54) is 18.2 Å². The molecule has 0 aliphatic carbocycles. The number of hydrazone groups is 1. The van der Waals surface area contributed by atoms with Gasteiger partial charge in [-0.2, -0.15) is 5.10 Å². The van der Waals surface area contributed by atoms with Gasteiger partial charge in [0.05, 0.1) is 5.69 Å². The average Bonchev–Trinajstić information content (AvgIpc) is 2.85. The lowest BCUT2D eigenvalue weighted by Gasteiger charge is -2.04. The lowest BCUT2D eigenvalue weighted by molar-refractivity contribution is -0.286. The molecule has 8 nitrogen and oxygen atoms in total. The minimum absolute atomic E-state index is 0.0577. The SMILES string of the molecule is NC1=NN=C(N)C1=NNc1ccc2c(c1)OC(F)(F)O2. The number of rotatable bonds is 2. The van der Waals surface area contributed by atoms with Crippen LogP contribution in [-0.2, 0) is 0 Å². The highest BCUT2D eigenvalue weighted by Gasteiger charge is 2.43. The predicted octanol–water partition coefficient (Wildman–Crippen LogP) is 0.419. The summed E-state index contributed by atoms with van der Waals surface area (Å²) in [5, 5.41) is 10.9. The number of amidine groups is 2. The van der Waals surface area contributed by atoms with Crippen molar-refractivity contribution >= 4 is 23.1 Å². The van der Waals surface area contributed by atoms with E-state index in [9.17, 15) is 8.78 Å². The van der Waals surface area contributed by atoms with Gasteiger partial charge in [-0.05, 0) is 12.1 Å². The van der Waals surface area contributed by atoms with Gasteiger partial charge in [-0.3, -0.25) is 5.43 Å². The van der Waals surface area contributed by atoms with E-state index in [1.807, 2.05) is 0 Å². The zero-order valence-corrected chi connectivity index (χ0v) is 9.80. The average molecular weight is 282 g/mol. The number of benzene rings is 1. The van der Waals surface area contributed by atoms with Crippen molar-refractivity contribution in [1.29, 1.82) is 0 Å². The molecular weight excluding hydrogens is 274 g/mol. The lowest BCUT2D eigenvalue weighted by atomic mass is 10.3. The highest BCUT2D eigenvalue weighted by molar-refractivity contribution is 6.68. The summed E-state index contributed by atoms with van der Waals surface area (Å²) in [6, 6.07) is 4.10. The fourth-order valence-electron chi connectivity index (χ4n) is 1.59. The Bertz CT molecular complexity index is 650. The number of ether oxygens (including phenoxy) is 2. The van der Waals surface area contributed by atoms with Crippen LogP contribution in [0.1, 0.15) is 0 Å². The van der Waals surface area contributed by atoms with Gasteiger partial charge in [0.2, 0.25) is 0 Å². The quantitative estimate of drug-likeness (QED) is 0.679.